The molecule has 4 fully saturated rings. The first-order valence-electron chi connectivity index (χ1n) is 15.0. The fourth-order valence-electron chi connectivity index (χ4n) is 6.39. The van der Waals surface area contributed by atoms with Gasteiger partial charge in [0.2, 0.25) is 0 Å². The van der Waals surface area contributed by atoms with Crippen LogP contribution in [-0.2, 0) is 16.1 Å². The molecule has 0 bridgehead atoms. The minimum absolute atomic E-state index is 0.160. The predicted octanol–water partition coefficient (Wildman–Crippen LogP) is 7.25. The lowest BCUT2D eigenvalue weighted by molar-refractivity contribution is -0.109. The number of rotatable bonds is 11. The van der Waals surface area contributed by atoms with Gasteiger partial charge in [0.05, 0.1) is 19.0 Å². The lowest BCUT2D eigenvalue weighted by Gasteiger charge is -2.41. The van der Waals surface area contributed by atoms with Crippen molar-refractivity contribution in [2.45, 2.75) is 83.4 Å². The zero-order valence-corrected chi connectivity index (χ0v) is 25.4. The van der Waals surface area contributed by atoms with Crippen LogP contribution in [0.25, 0.3) is 5.57 Å². The molecule has 6 nitrogen and oxygen atoms in total. The van der Waals surface area contributed by atoms with E-state index in [-0.39, 0.29) is 23.1 Å². The van der Waals surface area contributed by atoms with Crippen LogP contribution in [0.4, 0.5) is 9.18 Å². The van der Waals surface area contributed by atoms with Gasteiger partial charge in [-0.25, -0.2) is 9.18 Å². The summed E-state index contributed by atoms with van der Waals surface area (Å²) in [5.74, 6) is 2.50. The third-order valence-electron chi connectivity index (χ3n) is 8.91. The summed E-state index contributed by atoms with van der Waals surface area (Å²) < 4.78 is 25.7. The average molecular weight is 583 g/mol. The van der Waals surface area contributed by atoms with Gasteiger partial charge in [0.25, 0.3) is 0 Å². The molecule has 4 aliphatic rings. The first kappa shape index (κ1) is 29.9. The second-order valence-electron chi connectivity index (χ2n) is 12.1. The van der Waals surface area contributed by atoms with Crippen LogP contribution in [-0.4, -0.2) is 64.6 Å². The summed E-state index contributed by atoms with van der Waals surface area (Å²) in [4.78, 5) is 28.5. The van der Waals surface area contributed by atoms with Gasteiger partial charge in [-0.15, -0.1) is 0 Å². The Kier molecular flexibility index (Phi) is 9.29. The summed E-state index contributed by atoms with van der Waals surface area (Å²) in [6.07, 6.45) is 10.8. The van der Waals surface area contributed by atoms with E-state index in [1.165, 1.54) is 35.9 Å². The molecule has 0 N–H and O–H groups in total. The number of allylic oxidation sites excluding steroid dienone is 5. The molecule has 1 spiro atoms. The molecule has 2 aliphatic heterocycles. The van der Waals surface area contributed by atoms with E-state index in [0.29, 0.717) is 25.0 Å². The van der Waals surface area contributed by atoms with E-state index < -0.39 is 5.60 Å². The molecule has 222 valence electrons. The summed E-state index contributed by atoms with van der Waals surface area (Å²) >= 11 is 1.39. The normalized spacial score (nSPS) is 24.8. The molecule has 41 heavy (non-hydrogen) atoms. The van der Waals surface area contributed by atoms with Gasteiger partial charge in [-0.1, -0.05) is 30.5 Å². The maximum absolute atomic E-state index is 13.5. The molecule has 0 atom stereocenters. The molecule has 2 heterocycles. The number of thioether (sulfide) groups is 1. The first-order chi connectivity index (χ1) is 19.7. The lowest BCUT2D eigenvalue weighted by Crippen LogP contribution is -2.50. The van der Waals surface area contributed by atoms with E-state index in [1.54, 1.807) is 19.1 Å². The lowest BCUT2D eigenvalue weighted by atomic mass is 9.80. The molecule has 8 heteroatoms. The predicted molar refractivity (Wildman–Crippen MR) is 163 cm³/mol. The second-order valence-corrected chi connectivity index (χ2v) is 13.3. The number of hydrogen-bond acceptors (Lipinski definition) is 6. The van der Waals surface area contributed by atoms with Crippen molar-refractivity contribution in [3.63, 3.8) is 0 Å². The number of halogens is 1. The minimum Gasteiger partial charge on any atom is -0.494 e. The zero-order valence-electron chi connectivity index (χ0n) is 24.6. The van der Waals surface area contributed by atoms with Crippen molar-refractivity contribution in [3.05, 3.63) is 59.5 Å². The molecule has 2 saturated carbocycles. The Hall–Kier alpha value is -2.58. The van der Waals surface area contributed by atoms with Crippen LogP contribution in [0.1, 0.15) is 81.9 Å². The number of carbonyl (C=O) groups excluding carboxylic acids is 2. The van der Waals surface area contributed by atoms with Crippen LogP contribution >= 0.6 is 11.8 Å². The van der Waals surface area contributed by atoms with Crippen LogP contribution in [0.3, 0.4) is 0 Å². The Morgan fingerprint density at radius 2 is 1.95 bits per heavy atom. The fourth-order valence-corrected chi connectivity index (χ4v) is 7.13. The zero-order chi connectivity index (χ0) is 29.1. The van der Waals surface area contributed by atoms with Crippen LogP contribution in [0.5, 0.6) is 5.75 Å². The Bertz CT molecular complexity index is 1220. The van der Waals surface area contributed by atoms with Gasteiger partial charge in [0.15, 0.2) is 5.12 Å². The van der Waals surface area contributed by atoms with E-state index in [0.717, 1.165) is 80.8 Å². The molecule has 2 aliphatic carbocycles. The topological polar surface area (TPSA) is 59.1 Å². The Morgan fingerprint density at radius 1 is 1.22 bits per heavy atom. The quantitative estimate of drug-likeness (QED) is 0.256. The molecule has 2 saturated heterocycles. The summed E-state index contributed by atoms with van der Waals surface area (Å²) in [6, 6.07) is 4.65. The van der Waals surface area contributed by atoms with E-state index in [1.807, 2.05) is 11.8 Å². The van der Waals surface area contributed by atoms with Crippen molar-refractivity contribution in [2.24, 2.45) is 5.92 Å². The van der Waals surface area contributed by atoms with Crippen molar-refractivity contribution >= 4 is 28.5 Å². The van der Waals surface area contributed by atoms with Gasteiger partial charge in [-0.3, -0.25) is 9.69 Å². The third-order valence-corrected chi connectivity index (χ3v) is 9.95. The second kappa shape index (κ2) is 12.7. The van der Waals surface area contributed by atoms with Crippen LogP contribution in [0.15, 0.2) is 42.8 Å². The number of likely N-dealkylation sites (tertiary alicyclic amines) is 1. The van der Waals surface area contributed by atoms with Gasteiger partial charge in [-0.05, 0) is 86.3 Å². The van der Waals surface area contributed by atoms with Crippen molar-refractivity contribution in [3.8, 4) is 5.75 Å². The van der Waals surface area contributed by atoms with E-state index >= 15 is 0 Å². The van der Waals surface area contributed by atoms with Crippen LogP contribution < -0.4 is 4.74 Å². The molecular weight excluding hydrogens is 539 g/mol. The standard InChI is InChI=1S/C33H43FN2O4S/c1-5-25(8-7-22(3)34)30-18-31(39-6-2)27(17-29(30)26-9-10-26)19-35-13-11-33(12-14-35)21-36(32(38)40-33)28-15-24(16-28)20-41-23(4)37/h5,7-8,17-18,24,26,28H,1,6,9-16,19-21H2,2-4H3/b22-7+,25-8+. The highest BCUT2D eigenvalue weighted by Gasteiger charge is 2.51. The van der Waals surface area contributed by atoms with Crippen molar-refractivity contribution in [2.75, 3.05) is 32.0 Å². The van der Waals surface area contributed by atoms with Crippen LogP contribution in [0, 0.1) is 5.92 Å². The smallest absolute Gasteiger partial charge is 0.410 e. The maximum Gasteiger partial charge on any atom is 0.410 e. The molecule has 5 rings (SSSR count). The van der Waals surface area contributed by atoms with E-state index in [2.05, 4.69) is 23.6 Å². The average Bonchev–Trinajstić information content (AvgIpc) is 3.70. The maximum atomic E-state index is 13.5. The third kappa shape index (κ3) is 7.08. The van der Waals surface area contributed by atoms with Crippen LogP contribution in [0.2, 0.25) is 0 Å². The number of piperidine rings is 1. The highest BCUT2D eigenvalue weighted by Crippen LogP contribution is 2.46. The van der Waals surface area contributed by atoms with Gasteiger partial charge in [-0.2, -0.15) is 0 Å². The monoisotopic (exact) mass is 582 g/mol. The number of ether oxygens (including phenoxy) is 2. The Labute approximate surface area is 248 Å². The summed E-state index contributed by atoms with van der Waals surface area (Å²) in [5.41, 5.74) is 4.03. The number of benzene rings is 1. The SMILES string of the molecule is C=C/C(=C\C=C(/C)F)c1cc(OCC)c(CN2CCC3(CC2)CN(C2CC(CSC(C)=O)C2)C(=O)O3)cc1C1CC1. The Morgan fingerprint density at radius 3 is 2.56 bits per heavy atom. The van der Waals surface area contributed by atoms with Gasteiger partial charge >= 0.3 is 6.09 Å². The van der Waals surface area contributed by atoms with Crippen molar-refractivity contribution in [1.82, 2.24) is 9.80 Å². The molecule has 1 amide bonds. The highest BCUT2D eigenvalue weighted by atomic mass is 32.2. The number of amides is 1. The molecule has 0 unspecified atom stereocenters. The summed E-state index contributed by atoms with van der Waals surface area (Å²) in [6.45, 7) is 12.8. The number of carbonyl (C=O) groups is 2. The molecule has 1 aromatic carbocycles. The first-order valence-corrected chi connectivity index (χ1v) is 16.0. The fraction of sp³-hybridized carbons (Fsp3) is 0.576. The molecule has 0 radical (unpaired) electrons. The highest BCUT2D eigenvalue weighted by molar-refractivity contribution is 8.13. The largest absolute Gasteiger partial charge is 0.494 e. The van der Waals surface area contributed by atoms with Gasteiger partial charge < -0.3 is 14.4 Å². The van der Waals surface area contributed by atoms with E-state index in [4.69, 9.17) is 9.47 Å². The molecular formula is C33H43FN2O4S. The number of nitrogens with zero attached hydrogens (tertiary/aromatic N) is 2. The van der Waals surface area contributed by atoms with Crippen molar-refractivity contribution < 1.29 is 23.5 Å². The Balaban J connectivity index is 1.24. The molecule has 0 aromatic heterocycles. The van der Waals surface area contributed by atoms with Gasteiger partial charge in [0, 0.05) is 56.8 Å². The summed E-state index contributed by atoms with van der Waals surface area (Å²) in [7, 11) is 0. The van der Waals surface area contributed by atoms with Crippen molar-refractivity contribution in [1.29, 1.82) is 0 Å². The molecule has 1 aromatic rings. The minimum atomic E-state index is -0.399. The van der Waals surface area contributed by atoms with E-state index in [9.17, 15) is 14.0 Å². The number of hydrogen-bond donors (Lipinski definition) is 0. The summed E-state index contributed by atoms with van der Waals surface area (Å²) in [5, 5.41) is 0.160. The van der Waals surface area contributed by atoms with Gasteiger partial charge in [0.1, 0.15) is 11.4 Å².